The number of aliphatic hydroxyl groups is 1. The van der Waals surface area contributed by atoms with E-state index in [4.69, 9.17) is 11.5 Å². The largest absolute Gasteiger partial charge is 0.391 e. The average molecular weight is 391 g/mol. The zero-order valence-corrected chi connectivity index (χ0v) is 15.8. The van der Waals surface area contributed by atoms with Crippen LogP contribution in [-0.2, 0) is 20.9 Å². The molecule has 0 aromatic heterocycles. The lowest BCUT2D eigenvalue weighted by Gasteiger charge is -2.26. The molecular weight excluding hydrogens is 362 g/mol. The highest BCUT2D eigenvalue weighted by atomic mass is 16.3. The van der Waals surface area contributed by atoms with Crippen LogP contribution >= 0.6 is 0 Å². The van der Waals surface area contributed by atoms with Gasteiger partial charge in [0.25, 0.3) is 0 Å². The van der Waals surface area contributed by atoms with Gasteiger partial charge in [-0.15, -0.1) is 0 Å². The first-order valence-corrected chi connectivity index (χ1v) is 9.46. The number of nitrogens with zero attached hydrogens (tertiary/aromatic N) is 1. The van der Waals surface area contributed by atoms with Gasteiger partial charge in [-0.05, 0) is 18.5 Å². The van der Waals surface area contributed by atoms with E-state index in [1.165, 1.54) is 4.90 Å². The molecule has 0 radical (unpaired) electrons. The molecule has 1 fully saturated rings. The van der Waals surface area contributed by atoms with Gasteiger partial charge in [0.05, 0.1) is 6.10 Å². The van der Waals surface area contributed by atoms with Crippen LogP contribution in [0.25, 0.3) is 0 Å². The zero-order valence-electron chi connectivity index (χ0n) is 15.8. The van der Waals surface area contributed by atoms with Crippen LogP contribution in [0.5, 0.6) is 0 Å². The van der Waals surface area contributed by atoms with Gasteiger partial charge in [-0.25, -0.2) is 0 Å². The third-order valence-corrected chi connectivity index (χ3v) is 4.66. The lowest BCUT2D eigenvalue weighted by molar-refractivity contribution is -0.139. The summed E-state index contributed by atoms with van der Waals surface area (Å²) in [6.07, 6.45) is -0.292. The summed E-state index contributed by atoms with van der Waals surface area (Å²) in [5.41, 5.74) is 11.9. The van der Waals surface area contributed by atoms with E-state index in [-0.39, 0.29) is 50.7 Å². The fourth-order valence-corrected chi connectivity index (χ4v) is 3.22. The van der Waals surface area contributed by atoms with Crippen LogP contribution in [0.15, 0.2) is 30.3 Å². The Kier molecular flexibility index (Phi) is 8.37. The van der Waals surface area contributed by atoms with Crippen LogP contribution in [0.4, 0.5) is 0 Å². The van der Waals surface area contributed by atoms with E-state index in [9.17, 15) is 19.5 Å². The molecule has 1 aliphatic heterocycles. The maximum atomic E-state index is 12.7. The molecule has 1 saturated heterocycles. The lowest BCUT2D eigenvalue weighted by atomic mass is 10.1. The molecule has 1 aromatic rings. The molecule has 3 atom stereocenters. The van der Waals surface area contributed by atoms with Crippen molar-refractivity contribution < 1.29 is 19.5 Å². The fourth-order valence-electron chi connectivity index (χ4n) is 3.22. The molecule has 0 saturated carbocycles. The second kappa shape index (κ2) is 10.7. The Morgan fingerprint density at radius 3 is 2.54 bits per heavy atom. The fraction of sp³-hybridized carbons (Fsp3) is 0.526. The Labute approximate surface area is 164 Å². The SMILES string of the molecule is NCCC(=O)N1C[C@H](O)C[C@H]1C(=O)N[C@@H](CCN)C(=O)NCc1ccccc1. The number of β-amino-alcohol motifs (C(OH)–C–C–N with tert-alkyl or cyclic N) is 1. The summed E-state index contributed by atoms with van der Waals surface area (Å²) in [4.78, 5) is 38.7. The van der Waals surface area contributed by atoms with Crippen LogP contribution in [0.3, 0.4) is 0 Å². The second-order valence-electron chi connectivity index (χ2n) is 6.83. The molecule has 0 aliphatic carbocycles. The molecule has 9 nitrogen and oxygen atoms in total. The molecule has 7 N–H and O–H groups in total. The van der Waals surface area contributed by atoms with Gasteiger partial charge in [-0.1, -0.05) is 30.3 Å². The molecule has 3 amide bonds. The van der Waals surface area contributed by atoms with Gasteiger partial charge in [-0.2, -0.15) is 0 Å². The number of likely N-dealkylation sites (tertiary alicyclic amines) is 1. The van der Waals surface area contributed by atoms with Crippen LogP contribution in [-0.4, -0.2) is 65.5 Å². The van der Waals surface area contributed by atoms with E-state index in [0.717, 1.165) is 5.56 Å². The molecule has 0 spiro atoms. The third kappa shape index (κ3) is 6.01. The normalized spacial score (nSPS) is 19.9. The van der Waals surface area contributed by atoms with Crippen LogP contribution in [0, 0.1) is 0 Å². The molecular formula is C19H29N5O4. The maximum absolute atomic E-state index is 12.7. The number of carbonyl (C=O) groups is 3. The van der Waals surface area contributed by atoms with Gasteiger partial charge in [0.1, 0.15) is 12.1 Å². The Morgan fingerprint density at radius 1 is 1.18 bits per heavy atom. The standard InChI is InChI=1S/C19H29N5O4/c20-8-6-15(18(27)22-11-13-4-2-1-3-5-13)23-19(28)16-10-14(25)12-24(16)17(26)7-9-21/h1-5,14-16,25H,6-12,20-21H2,(H,22,27)(H,23,28)/t14-,15+,16+/m1/s1. The lowest BCUT2D eigenvalue weighted by Crippen LogP contribution is -2.53. The van der Waals surface area contributed by atoms with Crippen LogP contribution < -0.4 is 22.1 Å². The van der Waals surface area contributed by atoms with E-state index in [0.29, 0.717) is 6.54 Å². The van der Waals surface area contributed by atoms with Crippen molar-refractivity contribution in [3.63, 3.8) is 0 Å². The molecule has 9 heteroatoms. The Balaban J connectivity index is 1.98. The van der Waals surface area contributed by atoms with Gasteiger partial charge >= 0.3 is 0 Å². The minimum atomic E-state index is -0.823. The number of aliphatic hydroxyl groups excluding tert-OH is 1. The Bertz CT molecular complexity index is 670. The summed E-state index contributed by atoms with van der Waals surface area (Å²) in [5.74, 6) is -1.11. The van der Waals surface area contributed by atoms with Crippen molar-refractivity contribution >= 4 is 17.7 Å². The van der Waals surface area contributed by atoms with Crippen molar-refractivity contribution in [3.8, 4) is 0 Å². The van der Waals surface area contributed by atoms with Crippen molar-refractivity contribution in [1.82, 2.24) is 15.5 Å². The van der Waals surface area contributed by atoms with Crippen molar-refractivity contribution in [1.29, 1.82) is 0 Å². The summed E-state index contributed by atoms with van der Waals surface area (Å²) in [6, 6.07) is 7.77. The van der Waals surface area contributed by atoms with E-state index < -0.39 is 24.1 Å². The van der Waals surface area contributed by atoms with Crippen molar-refractivity contribution in [2.24, 2.45) is 11.5 Å². The topological polar surface area (TPSA) is 151 Å². The highest BCUT2D eigenvalue weighted by Crippen LogP contribution is 2.19. The smallest absolute Gasteiger partial charge is 0.243 e. The molecule has 1 aliphatic rings. The summed E-state index contributed by atoms with van der Waals surface area (Å²) in [7, 11) is 0. The van der Waals surface area contributed by atoms with Gasteiger partial charge in [0.2, 0.25) is 17.7 Å². The minimum Gasteiger partial charge on any atom is -0.391 e. The van der Waals surface area contributed by atoms with Crippen molar-refractivity contribution in [2.45, 2.75) is 44.0 Å². The first-order valence-electron chi connectivity index (χ1n) is 9.46. The number of nitrogens with two attached hydrogens (primary N) is 2. The van der Waals surface area contributed by atoms with Gasteiger partial charge in [0.15, 0.2) is 0 Å². The Morgan fingerprint density at radius 2 is 1.89 bits per heavy atom. The predicted octanol–water partition coefficient (Wildman–Crippen LogP) is -1.55. The molecule has 0 unspecified atom stereocenters. The molecule has 1 aromatic carbocycles. The molecule has 2 rings (SSSR count). The van der Waals surface area contributed by atoms with Crippen molar-refractivity contribution in [3.05, 3.63) is 35.9 Å². The van der Waals surface area contributed by atoms with Gasteiger partial charge < -0.3 is 32.1 Å². The van der Waals surface area contributed by atoms with Crippen LogP contribution in [0.1, 0.15) is 24.8 Å². The first-order chi connectivity index (χ1) is 13.5. The van der Waals surface area contributed by atoms with E-state index >= 15 is 0 Å². The number of benzene rings is 1. The van der Waals surface area contributed by atoms with Crippen LogP contribution in [0.2, 0.25) is 0 Å². The Hall–Kier alpha value is -2.49. The summed E-state index contributed by atoms with van der Waals surface area (Å²) < 4.78 is 0. The number of carbonyl (C=O) groups excluding carboxylic acids is 3. The van der Waals surface area contributed by atoms with E-state index in [1.54, 1.807) is 0 Å². The zero-order chi connectivity index (χ0) is 20.5. The summed E-state index contributed by atoms with van der Waals surface area (Å²) in [5, 5.41) is 15.4. The minimum absolute atomic E-state index is 0.0820. The highest BCUT2D eigenvalue weighted by Gasteiger charge is 2.39. The maximum Gasteiger partial charge on any atom is 0.243 e. The number of hydrogen-bond donors (Lipinski definition) is 5. The highest BCUT2D eigenvalue weighted by molar-refractivity contribution is 5.92. The van der Waals surface area contributed by atoms with Crippen molar-refractivity contribution in [2.75, 3.05) is 19.6 Å². The third-order valence-electron chi connectivity index (χ3n) is 4.66. The summed E-state index contributed by atoms with van der Waals surface area (Å²) in [6.45, 7) is 0.794. The summed E-state index contributed by atoms with van der Waals surface area (Å²) >= 11 is 0. The second-order valence-corrected chi connectivity index (χ2v) is 6.83. The monoisotopic (exact) mass is 391 g/mol. The van der Waals surface area contributed by atoms with Gasteiger partial charge in [-0.3, -0.25) is 14.4 Å². The predicted molar refractivity (Wildman–Crippen MR) is 104 cm³/mol. The number of nitrogens with one attached hydrogen (secondary N) is 2. The average Bonchev–Trinajstić information content (AvgIpc) is 3.09. The first kappa shape index (κ1) is 21.8. The quantitative estimate of drug-likeness (QED) is 0.344. The molecule has 154 valence electrons. The molecule has 0 bridgehead atoms. The molecule has 28 heavy (non-hydrogen) atoms. The number of rotatable bonds is 9. The number of hydrogen-bond acceptors (Lipinski definition) is 6. The van der Waals surface area contributed by atoms with E-state index in [1.807, 2.05) is 30.3 Å². The van der Waals surface area contributed by atoms with E-state index in [2.05, 4.69) is 10.6 Å². The number of amides is 3. The van der Waals surface area contributed by atoms with Gasteiger partial charge in [0, 0.05) is 32.5 Å². The molecule has 1 heterocycles.